The molecule has 4 rings (SSSR count). The van der Waals surface area contributed by atoms with E-state index in [9.17, 15) is 13.2 Å². The highest BCUT2D eigenvalue weighted by Crippen LogP contribution is 2.21. The summed E-state index contributed by atoms with van der Waals surface area (Å²) in [5.74, 6) is 0.757. The van der Waals surface area contributed by atoms with E-state index in [4.69, 9.17) is 4.74 Å². The maximum absolute atomic E-state index is 12.6. The Labute approximate surface area is 169 Å². The van der Waals surface area contributed by atoms with E-state index in [-0.39, 0.29) is 10.8 Å². The van der Waals surface area contributed by atoms with Gasteiger partial charge in [0, 0.05) is 37.8 Å². The van der Waals surface area contributed by atoms with Crippen LogP contribution in [0.2, 0.25) is 0 Å². The van der Waals surface area contributed by atoms with Gasteiger partial charge in [-0.2, -0.15) is 4.31 Å². The zero-order valence-corrected chi connectivity index (χ0v) is 16.8. The Balaban J connectivity index is 1.45. The SMILES string of the molecule is O=C(Nc1cc(N2CCOCC2)ncn1)c1ccc(S(=O)(=O)N2CCCC2)cc1. The highest BCUT2D eigenvalue weighted by molar-refractivity contribution is 7.89. The quantitative estimate of drug-likeness (QED) is 0.783. The summed E-state index contributed by atoms with van der Waals surface area (Å²) >= 11 is 0. The van der Waals surface area contributed by atoms with Gasteiger partial charge in [-0.15, -0.1) is 0 Å². The lowest BCUT2D eigenvalue weighted by Gasteiger charge is -2.27. The first-order valence-electron chi connectivity index (χ1n) is 9.60. The molecule has 0 unspecified atom stereocenters. The van der Waals surface area contributed by atoms with Crippen LogP contribution < -0.4 is 10.2 Å². The van der Waals surface area contributed by atoms with Crippen LogP contribution in [-0.2, 0) is 14.8 Å². The average molecular weight is 417 g/mol. The molecule has 154 valence electrons. The van der Waals surface area contributed by atoms with Gasteiger partial charge in [-0.1, -0.05) is 0 Å². The number of hydrogen-bond donors (Lipinski definition) is 1. The highest BCUT2D eigenvalue weighted by Gasteiger charge is 2.27. The summed E-state index contributed by atoms with van der Waals surface area (Å²) < 4.78 is 32.0. The molecular formula is C19H23N5O4S. The van der Waals surface area contributed by atoms with E-state index in [1.807, 2.05) is 0 Å². The number of nitrogens with one attached hydrogen (secondary N) is 1. The Hall–Kier alpha value is -2.56. The third-order valence-corrected chi connectivity index (χ3v) is 6.96. The molecule has 2 saturated heterocycles. The molecule has 2 fully saturated rings. The van der Waals surface area contributed by atoms with Gasteiger partial charge in [0.2, 0.25) is 10.0 Å². The third kappa shape index (κ3) is 4.39. The Morgan fingerprint density at radius 2 is 1.69 bits per heavy atom. The number of morpholine rings is 1. The molecular weight excluding hydrogens is 394 g/mol. The molecule has 1 amide bonds. The fourth-order valence-corrected chi connectivity index (χ4v) is 4.94. The molecule has 3 heterocycles. The van der Waals surface area contributed by atoms with Crippen molar-refractivity contribution in [2.75, 3.05) is 49.6 Å². The van der Waals surface area contributed by atoms with Crippen molar-refractivity contribution in [3.8, 4) is 0 Å². The van der Waals surface area contributed by atoms with E-state index in [1.54, 1.807) is 6.07 Å². The topological polar surface area (TPSA) is 105 Å². The van der Waals surface area contributed by atoms with E-state index < -0.39 is 10.0 Å². The first-order valence-corrected chi connectivity index (χ1v) is 11.0. The number of aromatic nitrogens is 2. The van der Waals surface area contributed by atoms with Gasteiger partial charge in [0.25, 0.3) is 5.91 Å². The zero-order chi connectivity index (χ0) is 20.3. The summed E-state index contributed by atoms with van der Waals surface area (Å²) in [6, 6.07) is 7.70. The molecule has 0 aliphatic carbocycles. The number of benzene rings is 1. The second kappa shape index (κ2) is 8.44. The van der Waals surface area contributed by atoms with E-state index in [0.29, 0.717) is 37.7 Å². The summed E-state index contributed by atoms with van der Waals surface area (Å²) in [6.07, 6.45) is 3.17. The summed E-state index contributed by atoms with van der Waals surface area (Å²) in [6.45, 7) is 3.83. The minimum Gasteiger partial charge on any atom is -0.378 e. The van der Waals surface area contributed by atoms with Gasteiger partial charge in [-0.3, -0.25) is 4.79 Å². The molecule has 0 bridgehead atoms. The number of carbonyl (C=O) groups excluding carboxylic acids is 1. The van der Waals surface area contributed by atoms with E-state index in [0.717, 1.165) is 31.7 Å². The highest BCUT2D eigenvalue weighted by atomic mass is 32.2. The van der Waals surface area contributed by atoms with Crippen molar-refractivity contribution < 1.29 is 17.9 Å². The number of hydrogen-bond acceptors (Lipinski definition) is 7. The van der Waals surface area contributed by atoms with Crippen LogP contribution in [0.15, 0.2) is 41.6 Å². The molecule has 0 spiro atoms. The lowest BCUT2D eigenvalue weighted by atomic mass is 10.2. The fraction of sp³-hybridized carbons (Fsp3) is 0.421. The van der Waals surface area contributed by atoms with Crippen molar-refractivity contribution in [1.29, 1.82) is 0 Å². The maximum atomic E-state index is 12.6. The molecule has 0 saturated carbocycles. The lowest BCUT2D eigenvalue weighted by Crippen LogP contribution is -2.36. The minimum atomic E-state index is -3.49. The van der Waals surface area contributed by atoms with Crippen LogP contribution in [-0.4, -0.2) is 68.0 Å². The van der Waals surface area contributed by atoms with E-state index >= 15 is 0 Å². The Morgan fingerprint density at radius 3 is 2.38 bits per heavy atom. The Kier molecular flexibility index (Phi) is 5.74. The number of rotatable bonds is 5. The molecule has 10 heteroatoms. The molecule has 1 aromatic carbocycles. The molecule has 2 aromatic rings. The summed E-state index contributed by atoms with van der Waals surface area (Å²) in [5.41, 5.74) is 0.358. The number of amides is 1. The summed E-state index contributed by atoms with van der Waals surface area (Å²) in [4.78, 5) is 23.2. The first-order chi connectivity index (χ1) is 14.0. The van der Waals surface area contributed by atoms with Gasteiger partial charge < -0.3 is 15.0 Å². The second-order valence-corrected chi connectivity index (χ2v) is 8.89. The zero-order valence-electron chi connectivity index (χ0n) is 16.0. The molecule has 29 heavy (non-hydrogen) atoms. The Morgan fingerprint density at radius 1 is 1.00 bits per heavy atom. The fourth-order valence-electron chi connectivity index (χ4n) is 3.43. The maximum Gasteiger partial charge on any atom is 0.256 e. The minimum absolute atomic E-state index is 0.201. The first kappa shape index (κ1) is 19.7. The van der Waals surface area contributed by atoms with Crippen LogP contribution in [0.25, 0.3) is 0 Å². The van der Waals surface area contributed by atoms with Crippen LogP contribution in [0.3, 0.4) is 0 Å². The van der Waals surface area contributed by atoms with Gasteiger partial charge in [0.15, 0.2) is 0 Å². The van der Waals surface area contributed by atoms with Crippen LogP contribution in [0.1, 0.15) is 23.2 Å². The van der Waals surface area contributed by atoms with Crippen LogP contribution >= 0.6 is 0 Å². The van der Waals surface area contributed by atoms with E-state index in [1.165, 1.54) is 34.9 Å². The number of nitrogens with zero attached hydrogens (tertiary/aromatic N) is 4. The molecule has 1 N–H and O–H groups in total. The van der Waals surface area contributed by atoms with Crippen molar-refractivity contribution in [1.82, 2.24) is 14.3 Å². The molecule has 0 atom stereocenters. The van der Waals surface area contributed by atoms with Crippen LogP contribution in [0, 0.1) is 0 Å². The predicted octanol–water partition coefficient (Wildman–Crippen LogP) is 1.35. The molecule has 0 radical (unpaired) electrons. The predicted molar refractivity (Wildman–Crippen MR) is 107 cm³/mol. The van der Waals surface area contributed by atoms with Crippen LogP contribution in [0.4, 0.5) is 11.6 Å². The number of carbonyl (C=O) groups is 1. The molecule has 9 nitrogen and oxygen atoms in total. The Bertz CT molecular complexity index is 968. The monoisotopic (exact) mass is 417 g/mol. The summed E-state index contributed by atoms with van der Waals surface area (Å²) in [7, 11) is -3.49. The average Bonchev–Trinajstić information content (AvgIpc) is 3.31. The van der Waals surface area contributed by atoms with Gasteiger partial charge in [-0.05, 0) is 37.1 Å². The number of sulfonamides is 1. The smallest absolute Gasteiger partial charge is 0.256 e. The van der Waals surface area contributed by atoms with Crippen molar-refractivity contribution in [2.45, 2.75) is 17.7 Å². The lowest BCUT2D eigenvalue weighted by molar-refractivity contribution is 0.102. The van der Waals surface area contributed by atoms with Gasteiger partial charge >= 0.3 is 0 Å². The number of anilines is 2. The summed E-state index contributed by atoms with van der Waals surface area (Å²) in [5, 5.41) is 2.74. The molecule has 2 aliphatic rings. The molecule has 2 aliphatic heterocycles. The van der Waals surface area contributed by atoms with Crippen molar-refractivity contribution in [3.05, 3.63) is 42.2 Å². The van der Waals surface area contributed by atoms with E-state index in [2.05, 4.69) is 20.2 Å². The standard InChI is InChI=1S/C19H23N5O4S/c25-19(22-17-13-18(21-14-20-17)23-9-11-28-12-10-23)15-3-5-16(6-4-15)29(26,27)24-7-1-2-8-24/h3-6,13-14H,1-2,7-12H2,(H,20,21,22,25). The largest absolute Gasteiger partial charge is 0.378 e. The third-order valence-electron chi connectivity index (χ3n) is 5.05. The van der Waals surface area contributed by atoms with Gasteiger partial charge in [0.05, 0.1) is 18.1 Å². The number of ether oxygens (including phenoxy) is 1. The van der Waals surface area contributed by atoms with Gasteiger partial charge in [-0.25, -0.2) is 18.4 Å². The molecule has 1 aromatic heterocycles. The van der Waals surface area contributed by atoms with Crippen LogP contribution in [0.5, 0.6) is 0 Å². The van der Waals surface area contributed by atoms with Crippen molar-refractivity contribution in [3.63, 3.8) is 0 Å². The van der Waals surface area contributed by atoms with Crippen molar-refractivity contribution >= 4 is 27.6 Å². The van der Waals surface area contributed by atoms with Gasteiger partial charge in [0.1, 0.15) is 18.0 Å². The normalized spacial score (nSPS) is 18.0. The second-order valence-electron chi connectivity index (χ2n) is 6.95. The van der Waals surface area contributed by atoms with Crippen molar-refractivity contribution in [2.24, 2.45) is 0 Å².